The van der Waals surface area contributed by atoms with Gasteiger partial charge in [0.25, 0.3) is 11.5 Å². The van der Waals surface area contributed by atoms with Crippen LogP contribution < -0.4 is 21.9 Å². The number of hydrogen-bond acceptors (Lipinski definition) is 6. The second kappa shape index (κ2) is 8.93. The minimum absolute atomic E-state index is 0.0560. The smallest absolute Gasteiger partial charge is 0.330 e. The summed E-state index contributed by atoms with van der Waals surface area (Å²) in [5.41, 5.74) is 5.57. The van der Waals surface area contributed by atoms with Crippen molar-refractivity contribution in [3.63, 3.8) is 0 Å². The Kier molecular flexibility index (Phi) is 5.89. The Bertz CT molecular complexity index is 1370. The van der Waals surface area contributed by atoms with E-state index in [0.29, 0.717) is 24.2 Å². The molecular weight excluding hydrogens is 410 g/mol. The summed E-state index contributed by atoms with van der Waals surface area (Å²) in [6.45, 7) is 2.24. The first kappa shape index (κ1) is 21.1. The quantitative estimate of drug-likeness (QED) is 0.461. The molecule has 0 radical (unpaired) electrons. The maximum Gasteiger partial charge on any atom is 0.330 e. The lowest BCUT2D eigenvalue weighted by molar-refractivity contribution is 0.0978. The van der Waals surface area contributed by atoms with Gasteiger partial charge in [-0.15, -0.1) is 0 Å². The number of carbonyl (C=O) groups is 1. The van der Waals surface area contributed by atoms with Crippen LogP contribution >= 0.6 is 0 Å². The zero-order valence-corrected chi connectivity index (χ0v) is 17.6. The van der Waals surface area contributed by atoms with Gasteiger partial charge in [-0.05, 0) is 30.7 Å². The lowest BCUT2D eigenvalue weighted by Gasteiger charge is -2.23. The number of fused-ring (bicyclic) bond motifs is 1. The predicted molar refractivity (Wildman–Crippen MR) is 122 cm³/mol. The molecular formula is C23H23N5O4. The number of para-hydroxylation sites is 1. The summed E-state index contributed by atoms with van der Waals surface area (Å²) in [5, 5.41) is 0.882. The highest BCUT2D eigenvalue weighted by molar-refractivity contribution is 6.06. The molecule has 4 rings (SSSR count). The number of unbranched alkanes of at least 4 members (excludes halogenated alkanes) is 1. The lowest BCUT2D eigenvalue weighted by atomic mass is 10.2. The van der Waals surface area contributed by atoms with Gasteiger partial charge in [-0.2, -0.15) is 0 Å². The van der Waals surface area contributed by atoms with Crippen molar-refractivity contribution in [2.45, 2.75) is 32.9 Å². The number of hydrogen-bond donors (Lipinski definition) is 2. The standard InChI is InChI=1S/C23H23N5O4/c1-2-3-12-27-20(24)19(21(29)26-23(27)31)28(14-16-8-6-13-32-16)22(30)18-11-10-15-7-4-5-9-17(15)25-18/h4-11,13H,2-3,12,14,24H2,1H3,(H,26,29,31). The molecule has 164 valence electrons. The van der Waals surface area contributed by atoms with E-state index < -0.39 is 17.2 Å². The van der Waals surface area contributed by atoms with E-state index in [1.165, 1.54) is 15.7 Å². The van der Waals surface area contributed by atoms with Crippen LogP contribution in [0.5, 0.6) is 0 Å². The number of carbonyl (C=O) groups excluding carboxylic acids is 1. The maximum absolute atomic E-state index is 13.6. The molecule has 32 heavy (non-hydrogen) atoms. The van der Waals surface area contributed by atoms with Gasteiger partial charge in [-0.3, -0.25) is 24.0 Å². The first-order valence-electron chi connectivity index (χ1n) is 10.3. The number of pyridine rings is 1. The first-order chi connectivity index (χ1) is 15.5. The number of nitrogens with two attached hydrogens (primary N) is 1. The van der Waals surface area contributed by atoms with Crippen molar-refractivity contribution in [3.05, 3.63) is 87.1 Å². The van der Waals surface area contributed by atoms with Gasteiger partial charge in [-0.25, -0.2) is 9.78 Å². The fourth-order valence-corrected chi connectivity index (χ4v) is 3.51. The first-order valence-corrected chi connectivity index (χ1v) is 10.3. The summed E-state index contributed by atoms with van der Waals surface area (Å²) < 4.78 is 6.68. The molecule has 0 unspecified atom stereocenters. The number of nitrogen functional groups attached to an aromatic ring is 1. The minimum Gasteiger partial charge on any atom is -0.467 e. The number of nitrogens with one attached hydrogen (secondary N) is 1. The Hall–Kier alpha value is -4.14. The fraction of sp³-hybridized carbons (Fsp3) is 0.217. The third-order valence-electron chi connectivity index (χ3n) is 5.18. The number of amides is 1. The zero-order chi connectivity index (χ0) is 22.7. The number of furan rings is 1. The molecule has 0 aliphatic heterocycles. The van der Waals surface area contributed by atoms with Crippen LogP contribution in [0.25, 0.3) is 10.9 Å². The molecule has 0 bridgehead atoms. The van der Waals surface area contributed by atoms with Gasteiger partial charge in [0.1, 0.15) is 17.3 Å². The molecule has 1 aromatic carbocycles. The van der Waals surface area contributed by atoms with Crippen LogP contribution in [0.15, 0.2) is 68.8 Å². The molecule has 0 aliphatic carbocycles. The van der Waals surface area contributed by atoms with Gasteiger partial charge in [0.05, 0.1) is 18.3 Å². The Labute approximate surface area is 183 Å². The fourth-order valence-electron chi connectivity index (χ4n) is 3.51. The van der Waals surface area contributed by atoms with Gasteiger partial charge in [0.15, 0.2) is 5.69 Å². The highest BCUT2D eigenvalue weighted by atomic mass is 16.3. The topological polar surface area (TPSA) is 127 Å². The molecule has 3 heterocycles. The summed E-state index contributed by atoms with van der Waals surface area (Å²) in [6, 6.07) is 14.2. The number of nitrogens with zero attached hydrogens (tertiary/aromatic N) is 3. The number of benzene rings is 1. The molecule has 9 nitrogen and oxygen atoms in total. The van der Waals surface area contributed by atoms with Gasteiger partial charge >= 0.3 is 5.69 Å². The summed E-state index contributed by atoms with van der Waals surface area (Å²) in [6.07, 6.45) is 2.99. The molecule has 4 aromatic rings. The average Bonchev–Trinajstić information content (AvgIpc) is 3.30. The molecule has 0 atom stereocenters. The van der Waals surface area contributed by atoms with Crippen molar-refractivity contribution in [2.75, 3.05) is 10.6 Å². The van der Waals surface area contributed by atoms with Crippen molar-refractivity contribution in [2.24, 2.45) is 0 Å². The van der Waals surface area contributed by atoms with Crippen LogP contribution in [0.4, 0.5) is 11.5 Å². The lowest BCUT2D eigenvalue weighted by Crippen LogP contribution is -2.41. The third-order valence-corrected chi connectivity index (χ3v) is 5.18. The SMILES string of the molecule is CCCCn1c(N)c(N(Cc2ccco2)C(=O)c2ccc3ccccc3n2)c(=O)[nH]c1=O. The van der Waals surface area contributed by atoms with Crippen LogP contribution in [0.3, 0.4) is 0 Å². The van der Waals surface area contributed by atoms with Crippen molar-refractivity contribution >= 4 is 28.3 Å². The van der Waals surface area contributed by atoms with Gasteiger partial charge in [0.2, 0.25) is 0 Å². The second-order valence-electron chi connectivity index (χ2n) is 7.36. The molecule has 0 saturated heterocycles. The number of H-pyrrole nitrogens is 1. The highest BCUT2D eigenvalue weighted by Crippen LogP contribution is 2.23. The van der Waals surface area contributed by atoms with E-state index >= 15 is 0 Å². The van der Waals surface area contributed by atoms with Crippen LogP contribution in [0.2, 0.25) is 0 Å². The average molecular weight is 433 g/mol. The monoisotopic (exact) mass is 433 g/mol. The number of aromatic nitrogens is 3. The Morgan fingerprint density at radius 3 is 2.72 bits per heavy atom. The van der Waals surface area contributed by atoms with Gasteiger partial charge < -0.3 is 10.2 Å². The van der Waals surface area contributed by atoms with E-state index in [4.69, 9.17) is 10.2 Å². The van der Waals surface area contributed by atoms with E-state index in [9.17, 15) is 14.4 Å². The third kappa shape index (κ3) is 4.04. The highest BCUT2D eigenvalue weighted by Gasteiger charge is 2.27. The molecule has 0 spiro atoms. The van der Waals surface area contributed by atoms with E-state index in [1.807, 2.05) is 25.1 Å². The molecule has 1 amide bonds. The summed E-state index contributed by atoms with van der Waals surface area (Å²) in [4.78, 5) is 46.6. The van der Waals surface area contributed by atoms with Crippen LogP contribution in [0.1, 0.15) is 36.0 Å². The van der Waals surface area contributed by atoms with Crippen molar-refractivity contribution in [1.82, 2.24) is 14.5 Å². The van der Waals surface area contributed by atoms with E-state index in [2.05, 4.69) is 9.97 Å². The minimum atomic E-state index is -0.749. The summed E-state index contributed by atoms with van der Waals surface area (Å²) in [5.74, 6) is -0.165. The zero-order valence-electron chi connectivity index (χ0n) is 17.6. The van der Waals surface area contributed by atoms with Crippen LogP contribution in [0, 0.1) is 0 Å². The van der Waals surface area contributed by atoms with Gasteiger partial charge in [-0.1, -0.05) is 37.6 Å². The Balaban J connectivity index is 1.85. The normalized spacial score (nSPS) is 11.0. The molecule has 0 saturated carbocycles. The van der Waals surface area contributed by atoms with Crippen LogP contribution in [-0.2, 0) is 13.1 Å². The Morgan fingerprint density at radius 2 is 1.97 bits per heavy atom. The molecule has 0 aliphatic rings. The second-order valence-corrected chi connectivity index (χ2v) is 7.36. The van der Waals surface area contributed by atoms with E-state index in [0.717, 1.165) is 11.8 Å². The number of anilines is 2. The van der Waals surface area contributed by atoms with Crippen LogP contribution in [-0.4, -0.2) is 20.4 Å². The van der Waals surface area contributed by atoms with E-state index in [1.54, 1.807) is 30.3 Å². The Morgan fingerprint density at radius 1 is 1.16 bits per heavy atom. The number of rotatable bonds is 7. The largest absolute Gasteiger partial charge is 0.467 e. The number of aromatic amines is 1. The molecule has 9 heteroatoms. The maximum atomic E-state index is 13.6. The molecule has 0 fully saturated rings. The molecule has 3 aromatic heterocycles. The summed E-state index contributed by atoms with van der Waals surface area (Å²) >= 11 is 0. The predicted octanol–water partition coefficient (Wildman–Crippen LogP) is 2.91. The molecule has 3 N–H and O–H groups in total. The van der Waals surface area contributed by atoms with Crippen molar-refractivity contribution in [1.29, 1.82) is 0 Å². The van der Waals surface area contributed by atoms with Crippen molar-refractivity contribution < 1.29 is 9.21 Å². The van der Waals surface area contributed by atoms with Crippen molar-refractivity contribution in [3.8, 4) is 0 Å². The van der Waals surface area contributed by atoms with E-state index in [-0.39, 0.29) is 23.7 Å². The van der Waals surface area contributed by atoms with Gasteiger partial charge in [0, 0.05) is 11.9 Å². The summed E-state index contributed by atoms with van der Waals surface area (Å²) in [7, 11) is 0.